The van der Waals surface area contributed by atoms with Crippen LogP contribution in [-0.4, -0.2) is 50.2 Å². The standard InChI is InChI=1S/C19H21Cl3N2O4/c20-13-10-15(21)18(16(22)11-13)27-12-14-2-3-17(28-14)19(25)23-4-1-5-24-6-8-26-9-7-24/h2-3,10-11H,1,4-9,12H2,(H,23,25). The molecule has 0 bridgehead atoms. The van der Waals surface area contributed by atoms with Gasteiger partial charge in [0.15, 0.2) is 11.5 Å². The quantitative estimate of drug-likeness (QED) is 0.612. The van der Waals surface area contributed by atoms with E-state index in [1.807, 2.05) is 0 Å². The van der Waals surface area contributed by atoms with Gasteiger partial charge in [0.05, 0.1) is 23.3 Å². The van der Waals surface area contributed by atoms with Crippen LogP contribution in [0.2, 0.25) is 15.1 Å². The van der Waals surface area contributed by atoms with Gasteiger partial charge < -0.3 is 19.2 Å². The molecule has 0 atom stereocenters. The highest BCUT2D eigenvalue weighted by molar-refractivity contribution is 6.40. The van der Waals surface area contributed by atoms with Crippen molar-refractivity contribution < 1.29 is 18.7 Å². The summed E-state index contributed by atoms with van der Waals surface area (Å²) in [5, 5.41) is 3.90. The van der Waals surface area contributed by atoms with Crippen molar-refractivity contribution in [2.24, 2.45) is 0 Å². The lowest BCUT2D eigenvalue weighted by atomic mass is 10.3. The predicted octanol–water partition coefficient (Wildman–Crippen LogP) is 4.27. The van der Waals surface area contributed by atoms with E-state index in [1.54, 1.807) is 24.3 Å². The maximum absolute atomic E-state index is 12.2. The van der Waals surface area contributed by atoms with Crippen LogP contribution in [0.1, 0.15) is 22.7 Å². The molecule has 2 heterocycles. The Morgan fingerprint density at radius 3 is 2.57 bits per heavy atom. The summed E-state index contributed by atoms with van der Waals surface area (Å²) in [6.45, 7) is 5.04. The second-order valence-electron chi connectivity index (χ2n) is 6.32. The van der Waals surface area contributed by atoms with E-state index in [0.29, 0.717) is 33.1 Å². The highest BCUT2D eigenvalue weighted by Crippen LogP contribution is 2.36. The first kappa shape index (κ1) is 21.3. The van der Waals surface area contributed by atoms with Gasteiger partial charge in [0.1, 0.15) is 12.4 Å². The fourth-order valence-corrected chi connectivity index (χ4v) is 3.73. The van der Waals surface area contributed by atoms with Crippen molar-refractivity contribution in [3.05, 3.63) is 50.9 Å². The molecule has 28 heavy (non-hydrogen) atoms. The molecule has 9 heteroatoms. The van der Waals surface area contributed by atoms with E-state index >= 15 is 0 Å². The molecule has 152 valence electrons. The normalized spacial score (nSPS) is 14.8. The van der Waals surface area contributed by atoms with Crippen molar-refractivity contribution in [3.8, 4) is 5.75 Å². The molecule has 1 saturated heterocycles. The number of rotatable bonds is 8. The number of ether oxygens (including phenoxy) is 2. The number of amides is 1. The Balaban J connectivity index is 1.43. The Morgan fingerprint density at radius 1 is 1.14 bits per heavy atom. The lowest BCUT2D eigenvalue weighted by molar-refractivity contribution is 0.0374. The number of morpholine rings is 1. The molecular formula is C19H21Cl3N2O4. The maximum atomic E-state index is 12.2. The largest absolute Gasteiger partial charge is 0.483 e. The molecular weight excluding hydrogens is 427 g/mol. The highest BCUT2D eigenvalue weighted by Gasteiger charge is 2.14. The number of hydrogen-bond acceptors (Lipinski definition) is 5. The molecule has 3 rings (SSSR count). The second kappa shape index (κ2) is 10.4. The van der Waals surface area contributed by atoms with Crippen molar-refractivity contribution >= 4 is 40.7 Å². The molecule has 0 spiro atoms. The van der Waals surface area contributed by atoms with Crippen molar-refractivity contribution in [1.82, 2.24) is 10.2 Å². The number of carbonyl (C=O) groups is 1. The van der Waals surface area contributed by atoms with Gasteiger partial charge in [0.25, 0.3) is 5.91 Å². The predicted molar refractivity (Wildman–Crippen MR) is 109 cm³/mol. The van der Waals surface area contributed by atoms with Gasteiger partial charge in [0, 0.05) is 24.7 Å². The summed E-state index contributed by atoms with van der Waals surface area (Å²) >= 11 is 18.0. The van der Waals surface area contributed by atoms with E-state index in [0.717, 1.165) is 39.3 Å². The Morgan fingerprint density at radius 2 is 1.86 bits per heavy atom. The third kappa shape index (κ3) is 6.03. The number of hydrogen-bond donors (Lipinski definition) is 1. The smallest absolute Gasteiger partial charge is 0.286 e. The minimum absolute atomic E-state index is 0.0887. The molecule has 1 N–H and O–H groups in total. The zero-order chi connectivity index (χ0) is 19.9. The van der Waals surface area contributed by atoms with Crippen molar-refractivity contribution in [2.75, 3.05) is 39.4 Å². The molecule has 0 saturated carbocycles. The Bertz CT molecular complexity index is 783. The van der Waals surface area contributed by atoms with Gasteiger partial charge in [-0.25, -0.2) is 0 Å². The van der Waals surface area contributed by atoms with Crippen LogP contribution in [0.15, 0.2) is 28.7 Å². The molecule has 6 nitrogen and oxygen atoms in total. The van der Waals surface area contributed by atoms with Crippen LogP contribution < -0.4 is 10.1 Å². The monoisotopic (exact) mass is 446 g/mol. The zero-order valence-electron chi connectivity index (χ0n) is 15.2. The average molecular weight is 448 g/mol. The molecule has 1 aliphatic heterocycles. The first-order valence-corrected chi connectivity index (χ1v) is 10.1. The van der Waals surface area contributed by atoms with Crippen LogP contribution >= 0.6 is 34.8 Å². The first-order valence-electron chi connectivity index (χ1n) is 8.97. The summed E-state index contributed by atoms with van der Waals surface area (Å²) in [6.07, 6.45) is 0.871. The fourth-order valence-electron chi connectivity index (χ4n) is 2.80. The molecule has 0 unspecified atom stereocenters. The van der Waals surface area contributed by atoms with Crippen LogP contribution in [-0.2, 0) is 11.3 Å². The molecule has 1 fully saturated rings. The molecule has 2 aromatic rings. The SMILES string of the molecule is O=C(NCCCN1CCOCC1)c1ccc(COc2c(Cl)cc(Cl)cc2Cl)o1. The summed E-state index contributed by atoms with van der Waals surface area (Å²) in [7, 11) is 0. The number of benzene rings is 1. The van der Waals surface area contributed by atoms with Crippen LogP contribution in [0.4, 0.5) is 0 Å². The summed E-state index contributed by atoms with van der Waals surface area (Å²) in [5.74, 6) is 0.785. The van der Waals surface area contributed by atoms with Gasteiger partial charge >= 0.3 is 0 Å². The van der Waals surface area contributed by atoms with E-state index < -0.39 is 0 Å². The molecule has 0 radical (unpaired) electrons. The van der Waals surface area contributed by atoms with Gasteiger partial charge in [-0.15, -0.1) is 0 Å². The maximum Gasteiger partial charge on any atom is 0.286 e. The van der Waals surface area contributed by atoms with E-state index in [-0.39, 0.29) is 18.3 Å². The Hall–Kier alpha value is -1.44. The number of carbonyl (C=O) groups excluding carboxylic acids is 1. The van der Waals surface area contributed by atoms with Crippen molar-refractivity contribution in [2.45, 2.75) is 13.0 Å². The molecule has 1 aromatic carbocycles. The number of nitrogens with zero attached hydrogens (tertiary/aromatic N) is 1. The van der Waals surface area contributed by atoms with E-state index in [9.17, 15) is 4.79 Å². The highest BCUT2D eigenvalue weighted by atomic mass is 35.5. The van der Waals surface area contributed by atoms with Crippen LogP contribution in [0.25, 0.3) is 0 Å². The molecule has 1 amide bonds. The van der Waals surface area contributed by atoms with Crippen LogP contribution in [0.5, 0.6) is 5.75 Å². The third-order valence-corrected chi connectivity index (χ3v) is 5.03. The minimum atomic E-state index is -0.254. The second-order valence-corrected chi connectivity index (χ2v) is 7.57. The summed E-state index contributed by atoms with van der Waals surface area (Å²) < 4.78 is 16.5. The average Bonchev–Trinajstić information content (AvgIpc) is 3.14. The number of halogens is 3. The summed E-state index contributed by atoms with van der Waals surface area (Å²) in [6, 6.07) is 6.38. The van der Waals surface area contributed by atoms with Gasteiger partial charge in [-0.3, -0.25) is 9.69 Å². The van der Waals surface area contributed by atoms with E-state index in [2.05, 4.69) is 10.2 Å². The topological polar surface area (TPSA) is 63.9 Å². The summed E-state index contributed by atoms with van der Waals surface area (Å²) in [5.41, 5.74) is 0. The van der Waals surface area contributed by atoms with Gasteiger partial charge in [-0.1, -0.05) is 34.8 Å². The zero-order valence-corrected chi connectivity index (χ0v) is 17.4. The Kier molecular flexibility index (Phi) is 7.88. The first-order chi connectivity index (χ1) is 13.5. The van der Waals surface area contributed by atoms with Gasteiger partial charge in [-0.05, 0) is 37.2 Å². The number of furan rings is 1. The van der Waals surface area contributed by atoms with Gasteiger partial charge in [0.2, 0.25) is 0 Å². The van der Waals surface area contributed by atoms with Crippen LogP contribution in [0, 0.1) is 0 Å². The lowest BCUT2D eigenvalue weighted by Gasteiger charge is -2.26. The van der Waals surface area contributed by atoms with Crippen molar-refractivity contribution in [1.29, 1.82) is 0 Å². The van der Waals surface area contributed by atoms with Gasteiger partial charge in [-0.2, -0.15) is 0 Å². The third-order valence-electron chi connectivity index (χ3n) is 4.25. The fraction of sp³-hybridized carbons (Fsp3) is 0.421. The van der Waals surface area contributed by atoms with E-state index in [4.69, 9.17) is 48.7 Å². The summed E-state index contributed by atoms with van der Waals surface area (Å²) in [4.78, 5) is 14.5. The molecule has 0 aliphatic carbocycles. The molecule has 1 aliphatic rings. The molecule has 1 aromatic heterocycles. The Labute approximate surface area is 178 Å². The lowest BCUT2D eigenvalue weighted by Crippen LogP contribution is -2.38. The van der Waals surface area contributed by atoms with E-state index in [1.165, 1.54) is 0 Å². The number of nitrogens with one attached hydrogen (secondary N) is 1. The van der Waals surface area contributed by atoms with Crippen molar-refractivity contribution in [3.63, 3.8) is 0 Å². The van der Waals surface area contributed by atoms with Crippen LogP contribution in [0.3, 0.4) is 0 Å². The minimum Gasteiger partial charge on any atom is -0.483 e.